The van der Waals surface area contributed by atoms with Crippen LogP contribution in [0.25, 0.3) is 0 Å². The van der Waals surface area contributed by atoms with Crippen molar-refractivity contribution in [2.24, 2.45) is 0 Å². The van der Waals surface area contributed by atoms with E-state index in [4.69, 9.17) is 14.2 Å². The highest BCUT2D eigenvalue weighted by atomic mass is 28.3. The lowest BCUT2D eigenvalue weighted by molar-refractivity contribution is -0.0860. The number of carbonyl (C=O) groups excluding carboxylic acids is 2. The van der Waals surface area contributed by atoms with Crippen molar-refractivity contribution < 1.29 is 28.9 Å². The molecule has 2 saturated heterocycles. The second-order valence-corrected chi connectivity index (χ2v) is 18.3. The summed E-state index contributed by atoms with van der Waals surface area (Å²) < 4.78 is 17.9. The van der Waals surface area contributed by atoms with E-state index in [1.54, 1.807) is 9.80 Å². The van der Waals surface area contributed by atoms with Gasteiger partial charge in [0.25, 0.3) is 0 Å². The highest BCUT2D eigenvalue weighted by Crippen LogP contribution is 2.40. The highest BCUT2D eigenvalue weighted by molar-refractivity contribution is 6.76. The number of hydrogen-bond donors (Lipinski definition) is 1. The number of aliphatic hydroxyl groups excluding tert-OH is 1. The minimum absolute atomic E-state index is 0.165. The molecule has 0 saturated carbocycles. The van der Waals surface area contributed by atoms with Crippen LogP contribution in [0.5, 0.6) is 0 Å². The Kier molecular flexibility index (Phi) is 8.47. The highest BCUT2D eigenvalue weighted by Gasteiger charge is 2.56. The molecule has 2 aliphatic heterocycles. The monoisotopic (exact) mass is 520 g/mol. The molecule has 0 bridgehead atoms. The maximum atomic E-state index is 13.5. The van der Waals surface area contributed by atoms with Gasteiger partial charge in [-0.1, -0.05) is 50.0 Å². The van der Waals surface area contributed by atoms with E-state index in [0.29, 0.717) is 19.4 Å². The van der Waals surface area contributed by atoms with Crippen LogP contribution in [0.15, 0.2) is 30.3 Å². The minimum atomic E-state index is -1.37. The lowest BCUT2D eigenvalue weighted by Gasteiger charge is -2.34. The quantitative estimate of drug-likeness (QED) is 0.538. The number of aliphatic hydroxyl groups is 1. The Balaban J connectivity index is 1.91. The van der Waals surface area contributed by atoms with Crippen LogP contribution in [0.4, 0.5) is 9.59 Å². The van der Waals surface area contributed by atoms with Crippen LogP contribution in [0.2, 0.25) is 25.7 Å². The van der Waals surface area contributed by atoms with E-state index in [1.165, 1.54) is 0 Å². The Morgan fingerprint density at radius 3 is 2.36 bits per heavy atom. The third-order valence-electron chi connectivity index (χ3n) is 6.61. The molecule has 3 rings (SSSR count). The Morgan fingerprint density at radius 2 is 1.78 bits per heavy atom. The van der Waals surface area contributed by atoms with Crippen molar-refractivity contribution in [1.82, 2.24) is 9.80 Å². The number of β-amino-alcohol motifs (C(OH)–C–C–N with tert-alkyl or cyclic N) is 1. The van der Waals surface area contributed by atoms with E-state index < -0.39 is 49.8 Å². The maximum Gasteiger partial charge on any atom is 0.412 e. The number of rotatable bonds is 6. The third kappa shape index (κ3) is 7.23. The second-order valence-electron chi connectivity index (χ2n) is 12.7. The van der Waals surface area contributed by atoms with Crippen molar-refractivity contribution in [1.29, 1.82) is 0 Å². The van der Waals surface area contributed by atoms with Gasteiger partial charge in [0.15, 0.2) is 0 Å². The third-order valence-corrected chi connectivity index (χ3v) is 8.31. The summed E-state index contributed by atoms with van der Waals surface area (Å²) in [5.74, 6) is 0. The molecule has 1 aromatic rings. The lowest BCUT2D eigenvalue weighted by Crippen LogP contribution is -2.52. The van der Waals surface area contributed by atoms with Gasteiger partial charge >= 0.3 is 12.2 Å². The fraction of sp³-hybridized carbons (Fsp3) is 0.704. The number of amides is 2. The molecule has 2 fully saturated rings. The van der Waals surface area contributed by atoms with Crippen LogP contribution in [-0.2, 0) is 20.6 Å². The van der Waals surface area contributed by atoms with Gasteiger partial charge in [-0.05, 0) is 59.1 Å². The van der Waals surface area contributed by atoms with E-state index in [-0.39, 0.29) is 12.6 Å². The molecule has 0 aliphatic carbocycles. The van der Waals surface area contributed by atoms with E-state index >= 15 is 0 Å². The summed E-state index contributed by atoms with van der Waals surface area (Å²) in [6.45, 7) is 16.4. The lowest BCUT2D eigenvalue weighted by atomic mass is 9.94. The topological polar surface area (TPSA) is 88.5 Å². The number of carbonyl (C=O) groups is 2. The van der Waals surface area contributed by atoms with Crippen molar-refractivity contribution >= 4 is 20.3 Å². The van der Waals surface area contributed by atoms with Crippen molar-refractivity contribution in [3.63, 3.8) is 0 Å². The van der Waals surface area contributed by atoms with Crippen LogP contribution in [0.3, 0.4) is 0 Å². The van der Waals surface area contributed by atoms with Gasteiger partial charge in [-0.25, -0.2) is 9.59 Å². The number of benzene rings is 1. The summed E-state index contributed by atoms with van der Waals surface area (Å²) >= 11 is 0. The number of nitrogens with zero attached hydrogens (tertiary/aromatic N) is 2. The zero-order valence-electron chi connectivity index (χ0n) is 23.1. The summed E-state index contributed by atoms with van der Waals surface area (Å²) in [6.07, 6.45) is -1.22. The summed E-state index contributed by atoms with van der Waals surface area (Å²) in [5, 5.41) is 10.5. The van der Waals surface area contributed by atoms with Gasteiger partial charge in [-0.15, -0.1) is 0 Å². The van der Waals surface area contributed by atoms with E-state index in [9.17, 15) is 14.7 Å². The molecule has 0 radical (unpaired) electrons. The standard InChI is InChI=1S/C27H44N2O6Si/c1-26(2,3)35-24(31)28-18-20(30)17-21(28)23-22(16-19-12-10-9-11-13-19)29(27(4,5)34-23)25(32)33-14-15-36(6,7)8/h9-13,20-23,30H,14-18H2,1-8H3/t20-,21-,22?,23?/m1/s1. The zero-order chi connectivity index (χ0) is 26.9. The van der Waals surface area contributed by atoms with Gasteiger partial charge in [-0.2, -0.15) is 0 Å². The van der Waals surface area contributed by atoms with Gasteiger partial charge < -0.3 is 19.3 Å². The summed E-state index contributed by atoms with van der Waals surface area (Å²) in [5.41, 5.74) is -0.565. The minimum Gasteiger partial charge on any atom is -0.450 e. The Bertz CT molecular complexity index is 911. The molecule has 8 nitrogen and oxygen atoms in total. The maximum absolute atomic E-state index is 13.5. The molecule has 2 aliphatic rings. The first-order chi connectivity index (χ1) is 16.6. The molecule has 0 spiro atoms. The largest absolute Gasteiger partial charge is 0.450 e. The number of hydrogen-bond acceptors (Lipinski definition) is 6. The fourth-order valence-electron chi connectivity index (χ4n) is 4.97. The first kappa shape index (κ1) is 28.5. The fourth-order valence-corrected chi connectivity index (χ4v) is 5.68. The molecule has 4 atom stereocenters. The molecular weight excluding hydrogens is 476 g/mol. The van der Waals surface area contributed by atoms with Crippen LogP contribution < -0.4 is 0 Å². The first-order valence-electron chi connectivity index (χ1n) is 12.9. The van der Waals surface area contributed by atoms with Gasteiger partial charge in [0.2, 0.25) is 0 Å². The summed E-state index contributed by atoms with van der Waals surface area (Å²) in [6, 6.07) is 9.98. The molecule has 202 valence electrons. The zero-order valence-corrected chi connectivity index (χ0v) is 24.1. The smallest absolute Gasteiger partial charge is 0.412 e. The molecule has 9 heteroatoms. The van der Waals surface area contributed by atoms with Gasteiger partial charge in [0.05, 0.1) is 31.3 Å². The van der Waals surface area contributed by atoms with Crippen LogP contribution in [0, 0.1) is 0 Å². The van der Waals surface area contributed by atoms with Crippen molar-refractivity contribution in [3.05, 3.63) is 35.9 Å². The Hall–Kier alpha value is -2.10. The van der Waals surface area contributed by atoms with Crippen LogP contribution in [-0.4, -0.2) is 83.9 Å². The number of likely N-dealkylation sites (tertiary alicyclic amines) is 1. The molecule has 2 amide bonds. The van der Waals surface area contributed by atoms with Crippen LogP contribution >= 0.6 is 0 Å². The van der Waals surface area contributed by atoms with Crippen molar-refractivity contribution in [2.45, 2.75) is 109 Å². The predicted octanol–water partition coefficient (Wildman–Crippen LogP) is 4.88. The van der Waals surface area contributed by atoms with Gasteiger partial charge in [0, 0.05) is 8.07 Å². The van der Waals surface area contributed by atoms with Crippen molar-refractivity contribution in [2.75, 3.05) is 13.2 Å². The molecule has 1 N–H and O–H groups in total. The molecule has 2 unspecified atom stereocenters. The second kappa shape index (κ2) is 10.7. The molecule has 2 heterocycles. The molecular formula is C27H44N2O6Si. The van der Waals surface area contributed by atoms with Gasteiger partial charge in [0.1, 0.15) is 17.4 Å². The van der Waals surface area contributed by atoms with E-state index in [2.05, 4.69) is 19.6 Å². The van der Waals surface area contributed by atoms with Crippen molar-refractivity contribution in [3.8, 4) is 0 Å². The predicted molar refractivity (Wildman–Crippen MR) is 142 cm³/mol. The SMILES string of the molecule is CC(C)(C)OC(=O)N1C[C@H](O)C[C@@H]1C1OC(C)(C)N(C(=O)OCC[Si](C)(C)C)C1Cc1ccccc1. The average molecular weight is 521 g/mol. The van der Waals surface area contributed by atoms with E-state index in [0.717, 1.165) is 11.6 Å². The molecule has 36 heavy (non-hydrogen) atoms. The Morgan fingerprint density at radius 1 is 1.14 bits per heavy atom. The first-order valence-corrected chi connectivity index (χ1v) is 16.6. The molecule has 0 aromatic heterocycles. The Labute approximate surface area is 216 Å². The molecule has 1 aromatic carbocycles. The summed E-state index contributed by atoms with van der Waals surface area (Å²) in [7, 11) is -1.37. The average Bonchev–Trinajstić information content (AvgIpc) is 3.23. The number of ether oxygens (including phenoxy) is 3. The summed E-state index contributed by atoms with van der Waals surface area (Å²) in [4.78, 5) is 29.8. The normalized spacial score (nSPS) is 26.2. The van der Waals surface area contributed by atoms with E-state index in [1.807, 2.05) is 65.0 Å². The van der Waals surface area contributed by atoms with Crippen LogP contribution in [0.1, 0.15) is 46.6 Å². The van der Waals surface area contributed by atoms with Gasteiger partial charge in [-0.3, -0.25) is 9.80 Å².